The van der Waals surface area contributed by atoms with Crippen molar-refractivity contribution in [2.24, 2.45) is 11.3 Å². The summed E-state index contributed by atoms with van der Waals surface area (Å²) in [6.45, 7) is 12.2. The van der Waals surface area contributed by atoms with E-state index in [2.05, 4.69) is 26.1 Å². The highest BCUT2D eigenvalue weighted by Crippen LogP contribution is 2.30. The van der Waals surface area contributed by atoms with Crippen LogP contribution in [0.5, 0.6) is 0 Å². The Balaban J connectivity index is 2.36. The summed E-state index contributed by atoms with van der Waals surface area (Å²) in [6.07, 6.45) is 2.25. The van der Waals surface area contributed by atoms with Gasteiger partial charge in [-0.2, -0.15) is 0 Å². The van der Waals surface area contributed by atoms with E-state index in [1.807, 2.05) is 0 Å². The highest BCUT2D eigenvalue weighted by molar-refractivity contribution is 4.84. The van der Waals surface area contributed by atoms with Gasteiger partial charge in [-0.15, -0.1) is 0 Å². The van der Waals surface area contributed by atoms with Gasteiger partial charge in [-0.05, 0) is 32.2 Å². The molecule has 3 heteroatoms. The number of rotatable bonds is 7. The molecule has 16 heavy (non-hydrogen) atoms. The standard InChI is InChI=1S/C13H27NO2/c1-4-15-11-13(5-7-16-8-6-13)10-14-9-12(2)3/h12,14H,4-11H2,1-3H3. The van der Waals surface area contributed by atoms with E-state index in [1.165, 1.54) is 0 Å². The van der Waals surface area contributed by atoms with Gasteiger partial charge in [-0.1, -0.05) is 13.8 Å². The van der Waals surface area contributed by atoms with Crippen LogP contribution in [0.25, 0.3) is 0 Å². The molecular formula is C13H27NO2. The zero-order valence-electron chi connectivity index (χ0n) is 11.1. The summed E-state index contributed by atoms with van der Waals surface area (Å²) in [7, 11) is 0. The highest BCUT2D eigenvalue weighted by Gasteiger charge is 2.32. The highest BCUT2D eigenvalue weighted by atomic mass is 16.5. The third kappa shape index (κ3) is 4.81. The molecule has 1 saturated heterocycles. The molecule has 96 valence electrons. The second-order valence-electron chi connectivity index (χ2n) is 5.27. The van der Waals surface area contributed by atoms with Gasteiger partial charge in [-0.25, -0.2) is 0 Å². The molecule has 0 aliphatic carbocycles. The molecular weight excluding hydrogens is 202 g/mol. The topological polar surface area (TPSA) is 30.5 Å². The summed E-state index contributed by atoms with van der Waals surface area (Å²) in [4.78, 5) is 0. The first-order chi connectivity index (χ1) is 7.68. The van der Waals surface area contributed by atoms with Crippen molar-refractivity contribution in [2.45, 2.75) is 33.6 Å². The molecule has 3 nitrogen and oxygen atoms in total. The van der Waals surface area contributed by atoms with Gasteiger partial charge in [0.05, 0.1) is 6.61 Å². The quantitative estimate of drug-likeness (QED) is 0.725. The molecule has 1 N–H and O–H groups in total. The van der Waals surface area contributed by atoms with Crippen molar-refractivity contribution in [1.82, 2.24) is 5.32 Å². The molecule has 0 spiro atoms. The largest absolute Gasteiger partial charge is 0.381 e. The van der Waals surface area contributed by atoms with Crippen LogP contribution in [0.15, 0.2) is 0 Å². The lowest BCUT2D eigenvalue weighted by molar-refractivity contribution is -0.0363. The summed E-state index contributed by atoms with van der Waals surface area (Å²) in [5, 5.41) is 3.57. The molecule has 0 unspecified atom stereocenters. The van der Waals surface area contributed by atoms with Crippen LogP contribution in [0.1, 0.15) is 33.6 Å². The molecule has 1 fully saturated rings. The summed E-state index contributed by atoms with van der Waals surface area (Å²) in [5.74, 6) is 0.712. The lowest BCUT2D eigenvalue weighted by atomic mass is 9.81. The fourth-order valence-corrected chi connectivity index (χ4v) is 2.12. The predicted octanol–water partition coefficient (Wildman–Crippen LogP) is 2.07. The average molecular weight is 229 g/mol. The van der Waals surface area contributed by atoms with Crippen LogP contribution in [0.3, 0.4) is 0 Å². The third-order valence-corrected chi connectivity index (χ3v) is 3.22. The van der Waals surface area contributed by atoms with E-state index in [9.17, 15) is 0 Å². The van der Waals surface area contributed by atoms with Crippen molar-refractivity contribution in [3.05, 3.63) is 0 Å². The zero-order valence-corrected chi connectivity index (χ0v) is 11.1. The fraction of sp³-hybridized carbons (Fsp3) is 1.00. The van der Waals surface area contributed by atoms with Gasteiger partial charge in [0.1, 0.15) is 0 Å². The Morgan fingerprint density at radius 2 is 2.00 bits per heavy atom. The molecule has 0 aromatic rings. The van der Waals surface area contributed by atoms with Crippen molar-refractivity contribution in [2.75, 3.05) is 39.5 Å². The number of hydrogen-bond donors (Lipinski definition) is 1. The minimum absolute atomic E-state index is 0.309. The number of hydrogen-bond acceptors (Lipinski definition) is 3. The maximum absolute atomic E-state index is 5.64. The Kier molecular flexibility index (Phi) is 6.32. The lowest BCUT2D eigenvalue weighted by Crippen LogP contribution is -2.43. The fourth-order valence-electron chi connectivity index (χ4n) is 2.12. The lowest BCUT2D eigenvalue weighted by Gasteiger charge is -2.37. The second kappa shape index (κ2) is 7.25. The van der Waals surface area contributed by atoms with Gasteiger partial charge in [0.25, 0.3) is 0 Å². The Labute approximate surface area is 99.9 Å². The second-order valence-corrected chi connectivity index (χ2v) is 5.27. The maximum atomic E-state index is 5.64. The third-order valence-electron chi connectivity index (χ3n) is 3.22. The van der Waals surface area contributed by atoms with Crippen molar-refractivity contribution >= 4 is 0 Å². The molecule has 0 bridgehead atoms. The minimum atomic E-state index is 0.309. The van der Waals surface area contributed by atoms with E-state index < -0.39 is 0 Å². The van der Waals surface area contributed by atoms with Gasteiger partial charge < -0.3 is 14.8 Å². The van der Waals surface area contributed by atoms with E-state index in [-0.39, 0.29) is 0 Å². The van der Waals surface area contributed by atoms with Crippen molar-refractivity contribution in [3.8, 4) is 0 Å². The van der Waals surface area contributed by atoms with Gasteiger partial charge in [0.2, 0.25) is 0 Å². The number of ether oxygens (including phenoxy) is 2. The smallest absolute Gasteiger partial charge is 0.0536 e. The zero-order chi connectivity index (χ0) is 11.9. The van der Waals surface area contributed by atoms with E-state index in [1.54, 1.807) is 0 Å². The van der Waals surface area contributed by atoms with Crippen LogP contribution in [-0.2, 0) is 9.47 Å². The Morgan fingerprint density at radius 3 is 2.56 bits per heavy atom. The number of nitrogens with one attached hydrogen (secondary N) is 1. The van der Waals surface area contributed by atoms with Crippen LogP contribution in [0.4, 0.5) is 0 Å². The van der Waals surface area contributed by atoms with Gasteiger partial charge in [-0.3, -0.25) is 0 Å². The molecule has 1 heterocycles. The van der Waals surface area contributed by atoms with E-state index >= 15 is 0 Å². The van der Waals surface area contributed by atoms with Crippen molar-refractivity contribution < 1.29 is 9.47 Å². The Hall–Kier alpha value is -0.120. The minimum Gasteiger partial charge on any atom is -0.381 e. The molecule has 0 aromatic heterocycles. The van der Waals surface area contributed by atoms with Crippen LogP contribution in [0, 0.1) is 11.3 Å². The van der Waals surface area contributed by atoms with Crippen molar-refractivity contribution in [1.29, 1.82) is 0 Å². The summed E-state index contributed by atoms with van der Waals surface area (Å²) >= 11 is 0. The normalized spacial score (nSPS) is 20.2. The van der Waals surface area contributed by atoms with Gasteiger partial charge in [0, 0.05) is 31.8 Å². The molecule has 1 rings (SSSR count). The predicted molar refractivity (Wildman–Crippen MR) is 66.7 cm³/mol. The van der Waals surface area contributed by atoms with Crippen molar-refractivity contribution in [3.63, 3.8) is 0 Å². The Morgan fingerprint density at radius 1 is 1.31 bits per heavy atom. The van der Waals surface area contributed by atoms with E-state index in [0.717, 1.165) is 52.4 Å². The van der Waals surface area contributed by atoms with Gasteiger partial charge >= 0.3 is 0 Å². The van der Waals surface area contributed by atoms with E-state index in [0.29, 0.717) is 11.3 Å². The van der Waals surface area contributed by atoms with Crippen LogP contribution < -0.4 is 5.32 Å². The molecule has 0 radical (unpaired) electrons. The molecule has 1 aliphatic rings. The maximum Gasteiger partial charge on any atom is 0.0536 e. The molecule has 1 aliphatic heterocycles. The summed E-state index contributed by atoms with van der Waals surface area (Å²) in [6, 6.07) is 0. The van der Waals surface area contributed by atoms with Crippen LogP contribution in [-0.4, -0.2) is 39.5 Å². The van der Waals surface area contributed by atoms with Crippen LogP contribution in [0.2, 0.25) is 0 Å². The SMILES string of the molecule is CCOCC1(CNCC(C)C)CCOCC1. The molecule has 0 amide bonds. The summed E-state index contributed by atoms with van der Waals surface area (Å²) < 4.78 is 11.1. The van der Waals surface area contributed by atoms with Crippen LogP contribution >= 0.6 is 0 Å². The summed E-state index contributed by atoms with van der Waals surface area (Å²) in [5.41, 5.74) is 0.309. The molecule has 0 aromatic carbocycles. The van der Waals surface area contributed by atoms with E-state index in [4.69, 9.17) is 9.47 Å². The average Bonchev–Trinajstić information content (AvgIpc) is 2.27. The first-order valence-corrected chi connectivity index (χ1v) is 6.55. The Bertz CT molecular complexity index is 177. The monoisotopic (exact) mass is 229 g/mol. The van der Waals surface area contributed by atoms with Gasteiger partial charge in [0.15, 0.2) is 0 Å². The molecule has 0 atom stereocenters. The molecule has 0 saturated carbocycles. The first-order valence-electron chi connectivity index (χ1n) is 6.55. The first kappa shape index (κ1) is 13.9.